The van der Waals surface area contributed by atoms with Crippen LogP contribution in [0, 0.1) is 0 Å². The molecule has 0 atom stereocenters. The molecule has 1 aliphatic heterocycles. The standard InChI is InChI=1S/C16H15NO3/c18-13-6-5-12(14(9-13)16(19)20)10-17-8-7-11-3-1-2-4-15(11)17/h1-6,9,18H,7-8,10H2,(H,19,20). The van der Waals surface area contributed by atoms with Gasteiger partial charge in [-0.3, -0.25) is 0 Å². The molecular formula is C16H15NO3. The van der Waals surface area contributed by atoms with Crippen molar-refractivity contribution in [1.29, 1.82) is 0 Å². The van der Waals surface area contributed by atoms with Crippen molar-refractivity contribution in [1.82, 2.24) is 0 Å². The number of nitrogens with zero attached hydrogens (tertiary/aromatic N) is 1. The van der Waals surface area contributed by atoms with Crippen molar-refractivity contribution in [3.8, 4) is 5.75 Å². The molecule has 0 bridgehead atoms. The van der Waals surface area contributed by atoms with Crippen LogP contribution >= 0.6 is 0 Å². The van der Waals surface area contributed by atoms with Gasteiger partial charge in [0.05, 0.1) is 5.56 Å². The predicted molar refractivity (Wildman–Crippen MR) is 76.3 cm³/mol. The number of fused-ring (bicyclic) bond motifs is 1. The molecule has 0 saturated heterocycles. The van der Waals surface area contributed by atoms with Crippen molar-refractivity contribution in [2.24, 2.45) is 0 Å². The van der Waals surface area contributed by atoms with Crippen molar-refractivity contribution < 1.29 is 15.0 Å². The normalized spacial score (nSPS) is 13.3. The number of hydrogen-bond acceptors (Lipinski definition) is 3. The molecule has 2 aromatic carbocycles. The fourth-order valence-corrected chi connectivity index (χ4v) is 2.68. The molecule has 4 nitrogen and oxygen atoms in total. The molecule has 102 valence electrons. The second kappa shape index (κ2) is 4.89. The Morgan fingerprint density at radius 3 is 2.80 bits per heavy atom. The highest BCUT2D eigenvalue weighted by Crippen LogP contribution is 2.30. The van der Waals surface area contributed by atoms with Crippen LogP contribution in [0.4, 0.5) is 5.69 Å². The first-order chi connectivity index (χ1) is 9.65. The summed E-state index contributed by atoms with van der Waals surface area (Å²) >= 11 is 0. The lowest BCUT2D eigenvalue weighted by Gasteiger charge is -2.20. The number of benzene rings is 2. The van der Waals surface area contributed by atoms with Gasteiger partial charge in [0.15, 0.2) is 0 Å². The summed E-state index contributed by atoms with van der Waals surface area (Å²) in [6, 6.07) is 12.7. The number of aromatic carboxylic acids is 1. The average Bonchev–Trinajstić information content (AvgIpc) is 2.84. The Bertz CT molecular complexity index is 667. The number of carboxylic acids is 1. The van der Waals surface area contributed by atoms with Gasteiger partial charge in [0, 0.05) is 18.8 Å². The number of carboxylic acid groups (broad SMARTS) is 1. The molecule has 0 aliphatic carbocycles. The zero-order chi connectivity index (χ0) is 14.1. The van der Waals surface area contributed by atoms with E-state index in [9.17, 15) is 15.0 Å². The Kier molecular flexibility index (Phi) is 3.06. The van der Waals surface area contributed by atoms with E-state index >= 15 is 0 Å². The van der Waals surface area contributed by atoms with E-state index in [0.717, 1.165) is 18.7 Å². The monoisotopic (exact) mass is 269 g/mol. The first-order valence-corrected chi connectivity index (χ1v) is 6.53. The molecule has 0 fully saturated rings. The molecule has 20 heavy (non-hydrogen) atoms. The summed E-state index contributed by atoms with van der Waals surface area (Å²) < 4.78 is 0. The Morgan fingerprint density at radius 1 is 1.20 bits per heavy atom. The van der Waals surface area contributed by atoms with E-state index in [0.29, 0.717) is 12.1 Å². The number of phenols is 1. The van der Waals surface area contributed by atoms with E-state index in [1.807, 2.05) is 12.1 Å². The zero-order valence-corrected chi connectivity index (χ0v) is 10.9. The molecule has 1 aliphatic rings. The van der Waals surface area contributed by atoms with Crippen LogP contribution in [0.5, 0.6) is 5.75 Å². The van der Waals surface area contributed by atoms with E-state index in [-0.39, 0.29) is 11.3 Å². The zero-order valence-electron chi connectivity index (χ0n) is 10.9. The number of hydrogen-bond donors (Lipinski definition) is 2. The van der Waals surface area contributed by atoms with Gasteiger partial charge in [-0.05, 0) is 35.7 Å². The molecular weight excluding hydrogens is 254 g/mol. The van der Waals surface area contributed by atoms with Gasteiger partial charge < -0.3 is 15.1 Å². The lowest BCUT2D eigenvalue weighted by atomic mass is 10.1. The van der Waals surface area contributed by atoms with Gasteiger partial charge in [-0.1, -0.05) is 24.3 Å². The Labute approximate surface area is 116 Å². The molecule has 0 unspecified atom stereocenters. The van der Waals surface area contributed by atoms with E-state index in [4.69, 9.17) is 0 Å². The first kappa shape index (κ1) is 12.5. The quantitative estimate of drug-likeness (QED) is 0.899. The molecule has 0 spiro atoms. The SMILES string of the molecule is O=C(O)c1cc(O)ccc1CN1CCc2ccccc21. The number of phenolic OH excluding ortho intramolecular Hbond substituents is 1. The predicted octanol–water partition coefficient (Wildman–Crippen LogP) is 2.65. The maximum atomic E-state index is 11.3. The van der Waals surface area contributed by atoms with E-state index in [1.165, 1.54) is 17.7 Å². The second-order valence-electron chi connectivity index (χ2n) is 4.95. The molecule has 3 rings (SSSR count). The van der Waals surface area contributed by atoms with Gasteiger partial charge in [-0.25, -0.2) is 4.79 Å². The third-order valence-corrected chi connectivity index (χ3v) is 3.67. The molecule has 0 radical (unpaired) electrons. The Morgan fingerprint density at radius 2 is 2.00 bits per heavy atom. The minimum atomic E-state index is -1.01. The highest BCUT2D eigenvalue weighted by Gasteiger charge is 2.20. The van der Waals surface area contributed by atoms with Crippen molar-refractivity contribution in [2.75, 3.05) is 11.4 Å². The van der Waals surface area contributed by atoms with Gasteiger partial charge in [0.2, 0.25) is 0 Å². The van der Waals surface area contributed by atoms with Crippen LogP contribution in [0.1, 0.15) is 21.5 Å². The van der Waals surface area contributed by atoms with Crippen LogP contribution in [0.25, 0.3) is 0 Å². The summed E-state index contributed by atoms with van der Waals surface area (Å²) in [5.41, 5.74) is 3.33. The third-order valence-electron chi connectivity index (χ3n) is 3.67. The largest absolute Gasteiger partial charge is 0.508 e. The van der Waals surface area contributed by atoms with Gasteiger partial charge in [-0.15, -0.1) is 0 Å². The lowest BCUT2D eigenvalue weighted by molar-refractivity contribution is 0.0695. The lowest BCUT2D eigenvalue weighted by Crippen LogP contribution is -2.21. The Hall–Kier alpha value is -2.49. The van der Waals surface area contributed by atoms with Gasteiger partial charge in [0.25, 0.3) is 0 Å². The van der Waals surface area contributed by atoms with E-state index < -0.39 is 5.97 Å². The van der Waals surface area contributed by atoms with Crippen molar-refractivity contribution in [3.05, 3.63) is 59.2 Å². The highest BCUT2D eigenvalue weighted by atomic mass is 16.4. The number of para-hydroxylation sites is 1. The molecule has 2 N–H and O–H groups in total. The van der Waals surface area contributed by atoms with Crippen molar-refractivity contribution >= 4 is 11.7 Å². The van der Waals surface area contributed by atoms with Gasteiger partial charge in [0.1, 0.15) is 5.75 Å². The topological polar surface area (TPSA) is 60.8 Å². The third kappa shape index (κ3) is 2.20. The van der Waals surface area contributed by atoms with Crippen LogP contribution < -0.4 is 4.90 Å². The molecule has 1 heterocycles. The summed E-state index contributed by atoms with van der Waals surface area (Å²) in [6.45, 7) is 1.43. The van der Waals surface area contributed by atoms with Crippen LogP contribution in [0.2, 0.25) is 0 Å². The molecule has 0 amide bonds. The summed E-state index contributed by atoms with van der Waals surface area (Å²) in [7, 11) is 0. The highest BCUT2D eigenvalue weighted by molar-refractivity contribution is 5.90. The summed E-state index contributed by atoms with van der Waals surface area (Å²) in [4.78, 5) is 13.4. The smallest absolute Gasteiger partial charge is 0.336 e. The van der Waals surface area contributed by atoms with Crippen LogP contribution in [0.15, 0.2) is 42.5 Å². The summed E-state index contributed by atoms with van der Waals surface area (Å²) in [5, 5.41) is 18.7. The molecule has 2 aromatic rings. The molecule has 4 heteroatoms. The first-order valence-electron chi connectivity index (χ1n) is 6.53. The van der Waals surface area contributed by atoms with Crippen molar-refractivity contribution in [2.45, 2.75) is 13.0 Å². The second-order valence-corrected chi connectivity index (χ2v) is 4.95. The fourth-order valence-electron chi connectivity index (χ4n) is 2.68. The minimum absolute atomic E-state index is 0.0204. The average molecular weight is 269 g/mol. The number of aromatic hydroxyl groups is 1. The van der Waals surface area contributed by atoms with E-state index in [1.54, 1.807) is 6.07 Å². The van der Waals surface area contributed by atoms with Crippen LogP contribution in [-0.4, -0.2) is 22.7 Å². The van der Waals surface area contributed by atoms with Gasteiger partial charge >= 0.3 is 5.97 Å². The Balaban J connectivity index is 1.92. The molecule has 0 saturated carbocycles. The van der Waals surface area contributed by atoms with Crippen molar-refractivity contribution in [3.63, 3.8) is 0 Å². The van der Waals surface area contributed by atoms with Gasteiger partial charge in [-0.2, -0.15) is 0 Å². The summed E-state index contributed by atoms with van der Waals surface area (Å²) in [5.74, 6) is -1.03. The minimum Gasteiger partial charge on any atom is -0.508 e. The number of rotatable bonds is 3. The maximum Gasteiger partial charge on any atom is 0.336 e. The van der Waals surface area contributed by atoms with Crippen LogP contribution in [-0.2, 0) is 13.0 Å². The number of anilines is 1. The van der Waals surface area contributed by atoms with E-state index in [2.05, 4.69) is 17.0 Å². The fraction of sp³-hybridized carbons (Fsp3) is 0.188. The summed E-state index contributed by atoms with van der Waals surface area (Å²) in [6.07, 6.45) is 0.983. The molecule has 0 aromatic heterocycles. The van der Waals surface area contributed by atoms with Crippen LogP contribution in [0.3, 0.4) is 0 Å². The maximum absolute atomic E-state index is 11.3. The number of carbonyl (C=O) groups is 1.